The fourth-order valence-corrected chi connectivity index (χ4v) is 1.78. The molecule has 1 amide bonds. The molecule has 0 aliphatic rings. The number of hydrogen-bond acceptors (Lipinski definition) is 3. The summed E-state index contributed by atoms with van der Waals surface area (Å²) in [4.78, 5) is 11.4. The number of hydrogen-bond donors (Lipinski definition) is 1. The summed E-state index contributed by atoms with van der Waals surface area (Å²) in [7, 11) is 1.63. The summed E-state index contributed by atoms with van der Waals surface area (Å²) in [6, 6.07) is 5.76. The Kier molecular flexibility index (Phi) is 7.55. The molecule has 112 valence electrons. The van der Waals surface area contributed by atoms with E-state index in [-0.39, 0.29) is 5.91 Å². The van der Waals surface area contributed by atoms with E-state index in [0.29, 0.717) is 25.3 Å². The lowest BCUT2D eigenvalue weighted by atomic mass is 10.2. The van der Waals surface area contributed by atoms with E-state index in [1.807, 2.05) is 25.1 Å². The zero-order valence-corrected chi connectivity index (χ0v) is 12.7. The minimum Gasteiger partial charge on any atom is -0.493 e. The predicted molar refractivity (Wildman–Crippen MR) is 80.2 cm³/mol. The molecular formula is C16H25NO3. The molecule has 0 fully saturated rings. The second kappa shape index (κ2) is 9.23. The molecule has 0 heterocycles. The summed E-state index contributed by atoms with van der Waals surface area (Å²) in [5.41, 5.74) is 1.01. The summed E-state index contributed by atoms with van der Waals surface area (Å²) in [6.45, 7) is 5.33. The Morgan fingerprint density at radius 3 is 2.65 bits per heavy atom. The van der Waals surface area contributed by atoms with Crippen molar-refractivity contribution in [1.82, 2.24) is 5.32 Å². The first kappa shape index (κ1) is 16.3. The van der Waals surface area contributed by atoms with Crippen molar-refractivity contribution in [2.45, 2.75) is 46.1 Å². The van der Waals surface area contributed by atoms with E-state index in [1.165, 1.54) is 0 Å². The van der Waals surface area contributed by atoms with Gasteiger partial charge in [-0.2, -0.15) is 0 Å². The SMILES string of the molecule is CCCCOc1ccc(CNC(=O)CCC)cc1OC. The van der Waals surface area contributed by atoms with E-state index in [9.17, 15) is 4.79 Å². The lowest BCUT2D eigenvalue weighted by Gasteiger charge is -2.12. The van der Waals surface area contributed by atoms with Gasteiger partial charge in [0.05, 0.1) is 13.7 Å². The topological polar surface area (TPSA) is 47.6 Å². The van der Waals surface area contributed by atoms with Crippen LogP contribution in [0.25, 0.3) is 0 Å². The highest BCUT2D eigenvalue weighted by atomic mass is 16.5. The van der Waals surface area contributed by atoms with Crippen molar-refractivity contribution in [3.63, 3.8) is 0 Å². The van der Waals surface area contributed by atoms with Crippen molar-refractivity contribution in [3.05, 3.63) is 23.8 Å². The molecule has 4 nitrogen and oxygen atoms in total. The Labute approximate surface area is 121 Å². The summed E-state index contributed by atoms with van der Waals surface area (Å²) < 4.78 is 11.0. The van der Waals surface area contributed by atoms with Gasteiger partial charge < -0.3 is 14.8 Å². The Morgan fingerprint density at radius 2 is 2.00 bits per heavy atom. The molecule has 0 radical (unpaired) electrons. The van der Waals surface area contributed by atoms with Crippen molar-refractivity contribution in [2.24, 2.45) is 0 Å². The van der Waals surface area contributed by atoms with Crippen LogP contribution >= 0.6 is 0 Å². The van der Waals surface area contributed by atoms with Gasteiger partial charge in [0.1, 0.15) is 0 Å². The van der Waals surface area contributed by atoms with Crippen molar-refractivity contribution in [1.29, 1.82) is 0 Å². The summed E-state index contributed by atoms with van der Waals surface area (Å²) in [5.74, 6) is 1.54. The minimum atomic E-state index is 0.0785. The minimum absolute atomic E-state index is 0.0785. The van der Waals surface area contributed by atoms with Gasteiger partial charge in [-0.3, -0.25) is 4.79 Å². The van der Waals surface area contributed by atoms with Crippen LogP contribution in [0.15, 0.2) is 18.2 Å². The summed E-state index contributed by atoms with van der Waals surface area (Å²) >= 11 is 0. The molecule has 0 saturated heterocycles. The van der Waals surface area contributed by atoms with E-state index in [1.54, 1.807) is 7.11 Å². The van der Waals surface area contributed by atoms with Crippen molar-refractivity contribution in [3.8, 4) is 11.5 Å². The van der Waals surface area contributed by atoms with E-state index in [0.717, 1.165) is 30.6 Å². The lowest BCUT2D eigenvalue weighted by molar-refractivity contribution is -0.121. The van der Waals surface area contributed by atoms with Gasteiger partial charge >= 0.3 is 0 Å². The van der Waals surface area contributed by atoms with Crippen LogP contribution in [0, 0.1) is 0 Å². The van der Waals surface area contributed by atoms with Crippen molar-refractivity contribution < 1.29 is 14.3 Å². The predicted octanol–water partition coefficient (Wildman–Crippen LogP) is 3.29. The Hall–Kier alpha value is -1.71. The van der Waals surface area contributed by atoms with Gasteiger partial charge in [0.2, 0.25) is 5.91 Å². The zero-order valence-electron chi connectivity index (χ0n) is 12.7. The molecule has 20 heavy (non-hydrogen) atoms. The number of benzene rings is 1. The first-order chi connectivity index (χ1) is 9.71. The first-order valence-electron chi connectivity index (χ1n) is 7.27. The molecule has 4 heteroatoms. The third kappa shape index (κ3) is 5.51. The molecule has 0 spiro atoms. The van der Waals surface area contributed by atoms with Crippen LogP contribution in [-0.2, 0) is 11.3 Å². The van der Waals surface area contributed by atoms with Gasteiger partial charge in [-0.15, -0.1) is 0 Å². The van der Waals surface area contributed by atoms with Crippen molar-refractivity contribution in [2.75, 3.05) is 13.7 Å². The third-order valence-corrected chi connectivity index (χ3v) is 2.95. The van der Waals surface area contributed by atoms with E-state index < -0.39 is 0 Å². The lowest BCUT2D eigenvalue weighted by Crippen LogP contribution is -2.22. The molecule has 0 unspecified atom stereocenters. The molecule has 1 aromatic rings. The van der Waals surface area contributed by atoms with Gasteiger partial charge in [0.25, 0.3) is 0 Å². The second-order valence-corrected chi connectivity index (χ2v) is 4.71. The number of rotatable bonds is 9. The highest BCUT2D eigenvalue weighted by molar-refractivity contribution is 5.75. The largest absolute Gasteiger partial charge is 0.493 e. The van der Waals surface area contributed by atoms with Crippen LogP contribution in [0.2, 0.25) is 0 Å². The van der Waals surface area contributed by atoms with Crippen LogP contribution < -0.4 is 14.8 Å². The van der Waals surface area contributed by atoms with E-state index >= 15 is 0 Å². The third-order valence-electron chi connectivity index (χ3n) is 2.95. The first-order valence-corrected chi connectivity index (χ1v) is 7.27. The standard InChI is InChI=1S/C16H25NO3/c1-4-6-10-20-14-9-8-13(11-15(14)19-3)12-17-16(18)7-5-2/h8-9,11H,4-7,10,12H2,1-3H3,(H,17,18). The van der Waals surface area contributed by atoms with Crippen LogP contribution in [0.4, 0.5) is 0 Å². The molecule has 1 N–H and O–H groups in total. The van der Waals surface area contributed by atoms with Crippen LogP contribution in [0.1, 0.15) is 45.1 Å². The maximum atomic E-state index is 11.4. The molecule has 0 atom stereocenters. The van der Waals surface area contributed by atoms with Gasteiger partial charge in [-0.05, 0) is 30.5 Å². The highest BCUT2D eigenvalue weighted by Crippen LogP contribution is 2.28. The molecule has 1 rings (SSSR count). The van der Waals surface area contributed by atoms with Gasteiger partial charge in [0.15, 0.2) is 11.5 Å². The van der Waals surface area contributed by atoms with Crippen molar-refractivity contribution >= 4 is 5.91 Å². The molecule has 0 bridgehead atoms. The van der Waals surface area contributed by atoms with Gasteiger partial charge in [0, 0.05) is 13.0 Å². The Bertz CT molecular complexity index is 418. The van der Waals surface area contributed by atoms with Crippen LogP contribution in [0.5, 0.6) is 11.5 Å². The fourth-order valence-electron chi connectivity index (χ4n) is 1.78. The number of carbonyl (C=O) groups is 1. The summed E-state index contributed by atoms with van der Waals surface area (Å²) in [5, 5.41) is 2.89. The molecule has 0 aliphatic carbocycles. The molecular weight excluding hydrogens is 254 g/mol. The summed E-state index contributed by atoms with van der Waals surface area (Å²) in [6.07, 6.45) is 3.55. The maximum absolute atomic E-state index is 11.4. The molecule has 0 saturated carbocycles. The van der Waals surface area contributed by atoms with E-state index in [4.69, 9.17) is 9.47 Å². The van der Waals surface area contributed by atoms with E-state index in [2.05, 4.69) is 12.2 Å². The normalized spacial score (nSPS) is 10.2. The number of amides is 1. The highest BCUT2D eigenvalue weighted by Gasteiger charge is 2.06. The van der Waals surface area contributed by atoms with Gasteiger partial charge in [-0.1, -0.05) is 26.3 Å². The maximum Gasteiger partial charge on any atom is 0.220 e. The second-order valence-electron chi connectivity index (χ2n) is 4.71. The number of carbonyl (C=O) groups excluding carboxylic acids is 1. The number of unbranched alkanes of at least 4 members (excludes halogenated alkanes) is 1. The Morgan fingerprint density at radius 1 is 1.20 bits per heavy atom. The quantitative estimate of drug-likeness (QED) is 0.706. The zero-order chi connectivity index (χ0) is 14.8. The van der Waals surface area contributed by atoms with Crippen LogP contribution in [-0.4, -0.2) is 19.6 Å². The molecule has 0 aliphatic heterocycles. The fraction of sp³-hybridized carbons (Fsp3) is 0.562. The van der Waals surface area contributed by atoms with Crippen LogP contribution in [0.3, 0.4) is 0 Å². The number of ether oxygens (including phenoxy) is 2. The average Bonchev–Trinajstić information content (AvgIpc) is 2.46. The molecule has 0 aromatic heterocycles. The smallest absolute Gasteiger partial charge is 0.220 e. The number of methoxy groups -OCH3 is 1. The molecule has 1 aromatic carbocycles. The van der Waals surface area contributed by atoms with Gasteiger partial charge in [-0.25, -0.2) is 0 Å². The number of nitrogens with one attached hydrogen (secondary N) is 1. The average molecular weight is 279 g/mol. The Balaban J connectivity index is 2.59. The monoisotopic (exact) mass is 279 g/mol.